The second-order valence-electron chi connectivity index (χ2n) is 5.57. The van der Waals surface area contributed by atoms with Crippen LogP contribution in [0.25, 0.3) is 10.2 Å². The number of nitrogens with zero attached hydrogens (tertiary/aromatic N) is 2. The van der Waals surface area contributed by atoms with Crippen LogP contribution in [-0.2, 0) is 6.42 Å². The summed E-state index contributed by atoms with van der Waals surface area (Å²) in [7, 11) is 0. The lowest BCUT2D eigenvalue weighted by molar-refractivity contribution is 0.639. The van der Waals surface area contributed by atoms with Crippen molar-refractivity contribution in [2.75, 3.05) is 18.1 Å². The van der Waals surface area contributed by atoms with Crippen molar-refractivity contribution in [3.63, 3.8) is 0 Å². The van der Waals surface area contributed by atoms with E-state index in [2.05, 4.69) is 34.5 Å². The third kappa shape index (κ3) is 3.15. The molecule has 3 nitrogen and oxygen atoms in total. The van der Waals surface area contributed by atoms with Gasteiger partial charge in [0.05, 0.1) is 5.39 Å². The van der Waals surface area contributed by atoms with E-state index in [0.29, 0.717) is 10.0 Å². The zero-order valence-electron chi connectivity index (χ0n) is 12.4. The predicted molar refractivity (Wildman–Crippen MR) is 95.0 cm³/mol. The molecule has 0 unspecified atom stereocenters. The Morgan fingerprint density at radius 3 is 2.81 bits per heavy atom. The fourth-order valence-electron chi connectivity index (χ4n) is 2.97. The van der Waals surface area contributed by atoms with E-state index in [1.54, 1.807) is 11.3 Å². The molecule has 1 fully saturated rings. The highest BCUT2D eigenvalue weighted by atomic mass is 35.5. The molecule has 0 bridgehead atoms. The summed E-state index contributed by atoms with van der Waals surface area (Å²) >= 11 is 9.77. The number of thiophene rings is 1. The SMILES string of the molecule is CCc1cc2c(NCC3(SC)CCCC3)nc(Cl)nc2s1. The molecule has 21 heavy (non-hydrogen) atoms. The van der Waals surface area contributed by atoms with Gasteiger partial charge in [0.25, 0.3) is 0 Å². The Labute approximate surface area is 138 Å². The average Bonchev–Trinajstić information content (AvgIpc) is 3.11. The second-order valence-corrected chi connectivity index (χ2v) is 8.30. The summed E-state index contributed by atoms with van der Waals surface area (Å²) < 4.78 is 0.355. The molecule has 0 aromatic carbocycles. The Morgan fingerprint density at radius 2 is 2.14 bits per heavy atom. The Balaban J connectivity index is 1.87. The van der Waals surface area contributed by atoms with Crippen LogP contribution in [-0.4, -0.2) is 27.5 Å². The molecule has 2 aromatic rings. The second kappa shape index (κ2) is 6.31. The van der Waals surface area contributed by atoms with Gasteiger partial charge >= 0.3 is 0 Å². The van der Waals surface area contributed by atoms with Crippen molar-refractivity contribution in [2.45, 2.75) is 43.8 Å². The van der Waals surface area contributed by atoms with E-state index in [0.717, 1.165) is 29.0 Å². The summed E-state index contributed by atoms with van der Waals surface area (Å²) in [6, 6.07) is 2.19. The van der Waals surface area contributed by atoms with Gasteiger partial charge in [0.2, 0.25) is 5.28 Å². The van der Waals surface area contributed by atoms with Gasteiger partial charge in [-0.2, -0.15) is 11.8 Å². The van der Waals surface area contributed by atoms with E-state index < -0.39 is 0 Å². The van der Waals surface area contributed by atoms with Crippen molar-refractivity contribution in [1.82, 2.24) is 9.97 Å². The first-order valence-corrected chi connectivity index (χ1v) is 9.83. The van der Waals surface area contributed by atoms with Gasteiger partial charge in [-0.1, -0.05) is 19.8 Å². The summed E-state index contributed by atoms with van der Waals surface area (Å²) in [5.74, 6) is 0.890. The standard InChI is InChI=1S/C15H20ClN3S2/c1-3-10-8-11-12(18-14(16)19-13(11)21-10)17-9-15(20-2)6-4-5-7-15/h8H,3-7,9H2,1-2H3,(H,17,18,19). The molecule has 1 aliphatic rings. The van der Waals surface area contributed by atoms with Gasteiger partial charge in [-0.3, -0.25) is 0 Å². The monoisotopic (exact) mass is 341 g/mol. The lowest BCUT2D eigenvalue weighted by atomic mass is 10.1. The van der Waals surface area contributed by atoms with Gasteiger partial charge in [-0.25, -0.2) is 9.97 Å². The van der Waals surface area contributed by atoms with Gasteiger partial charge in [-0.15, -0.1) is 11.3 Å². The van der Waals surface area contributed by atoms with Crippen LogP contribution in [0.15, 0.2) is 6.07 Å². The van der Waals surface area contributed by atoms with Crippen LogP contribution in [0.1, 0.15) is 37.5 Å². The van der Waals surface area contributed by atoms with Crippen molar-refractivity contribution in [1.29, 1.82) is 0 Å². The zero-order valence-corrected chi connectivity index (χ0v) is 14.8. The molecule has 0 radical (unpaired) electrons. The highest BCUT2D eigenvalue weighted by Crippen LogP contribution is 2.40. The first-order valence-electron chi connectivity index (χ1n) is 7.41. The molecule has 0 aliphatic heterocycles. The van der Waals surface area contributed by atoms with Crippen molar-refractivity contribution in [3.8, 4) is 0 Å². The number of rotatable bonds is 5. The normalized spacial score (nSPS) is 17.5. The molecule has 0 saturated heterocycles. The summed E-state index contributed by atoms with van der Waals surface area (Å²) in [5, 5.41) is 4.99. The molecule has 0 spiro atoms. The molecule has 1 aliphatic carbocycles. The smallest absolute Gasteiger partial charge is 0.225 e. The summed E-state index contributed by atoms with van der Waals surface area (Å²) in [4.78, 5) is 11.1. The largest absolute Gasteiger partial charge is 0.368 e. The van der Waals surface area contributed by atoms with Crippen molar-refractivity contribution >= 4 is 50.7 Å². The fourth-order valence-corrected chi connectivity index (χ4v) is 5.07. The fraction of sp³-hybridized carbons (Fsp3) is 0.600. The Morgan fingerprint density at radius 1 is 1.38 bits per heavy atom. The van der Waals surface area contributed by atoms with E-state index in [1.807, 2.05) is 11.8 Å². The van der Waals surface area contributed by atoms with E-state index in [9.17, 15) is 0 Å². The lowest BCUT2D eigenvalue weighted by Crippen LogP contribution is -2.30. The van der Waals surface area contributed by atoms with E-state index in [1.165, 1.54) is 30.6 Å². The van der Waals surface area contributed by atoms with E-state index in [4.69, 9.17) is 11.6 Å². The van der Waals surface area contributed by atoms with Crippen LogP contribution in [0.2, 0.25) is 5.28 Å². The lowest BCUT2D eigenvalue weighted by Gasteiger charge is -2.27. The van der Waals surface area contributed by atoms with Gasteiger partial charge in [0.15, 0.2) is 0 Å². The van der Waals surface area contributed by atoms with Gasteiger partial charge in [-0.05, 0) is 43.2 Å². The van der Waals surface area contributed by atoms with Gasteiger partial charge < -0.3 is 5.32 Å². The molecule has 1 N–H and O–H groups in total. The third-order valence-electron chi connectivity index (χ3n) is 4.29. The summed E-state index contributed by atoms with van der Waals surface area (Å²) in [6.45, 7) is 3.11. The number of aryl methyl sites for hydroxylation is 1. The Hall–Kier alpha value is -0.520. The van der Waals surface area contributed by atoms with Gasteiger partial charge in [0.1, 0.15) is 10.6 Å². The minimum atomic E-state index is 0.333. The minimum absolute atomic E-state index is 0.333. The maximum Gasteiger partial charge on any atom is 0.225 e. The molecule has 2 aromatic heterocycles. The van der Waals surface area contributed by atoms with Crippen LogP contribution in [0.4, 0.5) is 5.82 Å². The number of hydrogen-bond donors (Lipinski definition) is 1. The Bertz CT molecular complexity index is 635. The predicted octanol–water partition coefficient (Wildman–Crippen LogP) is 4.99. The molecule has 0 atom stereocenters. The van der Waals surface area contributed by atoms with E-state index in [-0.39, 0.29) is 0 Å². The van der Waals surface area contributed by atoms with Crippen molar-refractivity contribution in [2.24, 2.45) is 0 Å². The highest BCUT2D eigenvalue weighted by Gasteiger charge is 2.33. The molecular formula is C15H20ClN3S2. The maximum absolute atomic E-state index is 6.08. The third-order valence-corrected chi connectivity index (χ3v) is 7.05. The number of nitrogens with one attached hydrogen (secondary N) is 1. The van der Waals surface area contributed by atoms with Gasteiger partial charge in [0, 0.05) is 16.2 Å². The summed E-state index contributed by atoms with van der Waals surface area (Å²) in [5.41, 5.74) is 0. The molecule has 114 valence electrons. The first-order chi connectivity index (χ1) is 10.2. The number of aromatic nitrogens is 2. The molecule has 6 heteroatoms. The van der Waals surface area contributed by atoms with Crippen molar-refractivity contribution in [3.05, 3.63) is 16.2 Å². The zero-order chi connectivity index (χ0) is 14.9. The average molecular weight is 342 g/mol. The van der Waals surface area contributed by atoms with Crippen LogP contribution in [0.5, 0.6) is 0 Å². The quantitative estimate of drug-likeness (QED) is 0.777. The molecule has 3 rings (SSSR count). The molecule has 1 saturated carbocycles. The topological polar surface area (TPSA) is 37.8 Å². The number of thioether (sulfide) groups is 1. The molecular weight excluding hydrogens is 322 g/mol. The van der Waals surface area contributed by atoms with Crippen molar-refractivity contribution < 1.29 is 0 Å². The highest BCUT2D eigenvalue weighted by molar-refractivity contribution is 8.00. The van der Waals surface area contributed by atoms with Crippen LogP contribution in [0, 0.1) is 0 Å². The Kier molecular flexibility index (Phi) is 4.62. The number of fused-ring (bicyclic) bond motifs is 1. The summed E-state index contributed by atoms with van der Waals surface area (Å²) in [6.07, 6.45) is 8.48. The van der Waals surface area contributed by atoms with Crippen LogP contribution < -0.4 is 5.32 Å². The number of anilines is 1. The number of halogens is 1. The van der Waals surface area contributed by atoms with Crippen LogP contribution >= 0.6 is 34.7 Å². The minimum Gasteiger partial charge on any atom is -0.368 e. The number of hydrogen-bond acceptors (Lipinski definition) is 5. The maximum atomic E-state index is 6.08. The van der Waals surface area contributed by atoms with E-state index >= 15 is 0 Å². The first kappa shape index (κ1) is 15.4. The molecule has 0 amide bonds. The molecule has 2 heterocycles. The van der Waals surface area contributed by atoms with Crippen LogP contribution in [0.3, 0.4) is 0 Å².